The molecule has 27 heavy (non-hydrogen) atoms. The van der Waals surface area contributed by atoms with E-state index in [1.54, 1.807) is 18.2 Å². The van der Waals surface area contributed by atoms with Crippen molar-refractivity contribution in [3.63, 3.8) is 0 Å². The topological polar surface area (TPSA) is 49.4 Å². The molecule has 3 rings (SSSR count). The molecule has 0 aliphatic carbocycles. The lowest BCUT2D eigenvalue weighted by molar-refractivity contribution is -0.121. The quantitative estimate of drug-likeness (QED) is 0.787. The number of carbonyl (C=O) groups excluding carboxylic acids is 2. The van der Waals surface area contributed by atoms with Crippen molar-refractivity contribution in [3.05, 3.63) is 65.5 Å². The molecule has 1 N–H and O–H groups in total. The van der Waals surface area contributed by atoms with Crippen molar-refractivity contribution >= 4 is 17.4 Å². The smallest absolute Gasteiger partial charge is 0.220 e. The zero-order valence-electron chi connectivity index (χ0n) is 15.6. The summed E-state index contributed by atoms with van der Waals surface area (Å²) >= 11 is 0. The lowest BCUT2D eigenvalue weighted by atomic mass is 10.0. The number of amides is 1. The second-order valence-electron chi connectivity index (χ2n) is 7.10. The third kappa shape index (κ3) is 5.16. The molecule has 2 aromatic carbocycles. The standard InChI is InChI=1S/C22H25FN2O2/c1-16-9-10-19(23)20(14-16)25-13-5-8-18(15-25)24-22(27)12-11-21(26)17-6-3-2-4-7-17/h2-4,6-7,9-10,14,18H,5,8,11-13,15H2,1H3,(H,24,27). The van der Waals surface area contributed by atoms with Crippen molar-refractivity contribution in [2.24, 2.45) is 0 Å². The Bertz CT molecular complexity index is 807. The van der Waals surface area contributed by atoms with E-state index in [-0.39, 0.29) is 36.4 Å². The summed E-state index contributed by atoms with van der Waals surface area (Å²) in [6.45, 7) is 3.30. The van der Waals surface area contributed by atoms with Crippen LogP contribution in [-0.2, 0) is 4.79 Å². The number of ketones is 1. The zero-order valence-corrected chi connectivity index (χ0v) is 15.6. The van der Waals surface area contributed by atoms with Gasteiger partial charge in [-0.05, 0) is 37.5 Å². The molecule has 0 saturated carbocycles. The summed E-state index contributed by atoms with van der Waals surface area (Å²) in [5, 5.41) is 3.00. The number of carbonyl (C=O) groups is 2. The van der Waals surface area contributed by atoms with Gasteiger partial charge in [0, 0.05) is 37.5 Å². The molecule has 1 amide bonds. The Kier molecular flexibility index (Phi) is 6.22. The average Bonchev–Trinajstić information content (AvgIpc) is 2.69. The van der Waals surface area contributed by atoms with Gasteiger partial charge in [-0.1, -0.05) is 36.4 Å². The van der Waals surface area contributed by atoms with Crippen LogP contribution in [0.4, 0.5) is 10.1 Å². The molecule has 5 heteroatoms. The molecular formula is C22H25FN2O2. The molecule has 1 saturated heterocycles. The Labute approximate surface area is 159 Å². The van der Waals surface area contributed by atoms with Crippen LogP contribution in [0.15, 0.2) is 48.5 Å². The first-order chi connectivity index (χ1) is 13.0. The number of piperidine rings is 1. The van der Waals surface area contributed by atoms with E-state index < -0.39 is 0 Å². The van der Waals surface area contributed by atoms with Crippen molar-refractivity contribution in [1.82, 2.24) is 5.32 Å². The zero-order chi connectivity index (χ0) is 19.2. The van der Waals surface area contributed by atoms with E-state index in [0.717, 1.165) is 24.9 Å². The van der Waals surface area contributed by atoms with Crippen molar-refractivity contribution in [2.45, 2.75) is 38.6 Å². The van der Waals surface area contributed by atoms with E-state index in [1.807, 2.05) is 36.1 Å². The molecular weight excluding hydrogens is 343 g/mol. The number of hydrogen-bond acceptors (Lipinski definition) is 3. The second-order valence-corrected chi connectivity index (χ2v) is 7.10. The van der Waals surface area contributed by atoms with E-state index >= 15 is 0 Å². The lowest BCUT2D eigenvalue weighted by Gasteiger charge is -2.35. The van der Waals surface area contributed by atoms with Gasteiger partial charge >= 0.3 is 0 Å². The Morgan fingerprint density at radius 3 is 2.70 bits per heavy atom. The van der Waals surface area contributed by atoms with Gasteiger partial charge in [0.05, 0.1) is 5.69 Å². The van der Waals surface area contributed by atoms with Gasteiger partial charge in [-0.2, -0.15) is 0 Å². The molecule has 1 unspecified atom stereocenters. The highest BCUT2D eigenvalue weighted by Crippen LogP contribution is 2.24. The van der Waals surface area contributed by atoms with E-state index in [2.05, 4.69) is 5.32 Å². The Hall–Kier alpha value is -2.69. The van der Waals surface area contributed by atoms with Gasteiger partial charge in [-0.3, -0.25) is 9.59 Å². The number of anilines is 1. The van der Waals surface area contributed by atoms with Gasteiger partial charge in [-0.15, -0.1) is 0 Å². The third-order valence-corrected chi connectivity index (χ3v) is 4.90. The van der Waals surface area contributed by atoms with Gasteiger partial charge in [0.1, 0.15) is 5.82 Å². The van der Waals surface area contributed by atoms with Crippen LogP contribution in [0, 0.1) is 12.7 Å². The number of halogens is 1. The van der Waals surface area contributed by atoms with Crippen LogP contribution < -0.4 is 10.2 Å². The molecule has 1 atom stereocenters. The predicted octanol–water partition coefficient (Wildman–Crippen LogP) is 3.88. The highest BCUT2D eigenvalue weighted by molar-refractivity contribution is 5.97. The number of benzene rings is 2. The molecule has 1 aliphatic rings. The van der Waals surface area contributed by atoms with Crippen LogP contribution >= 0.6 is 0 Å². The Morgan fingerprint density at radius 2 is 1.93 bits per heavy atom. The number of hydrogen-bond donors (Lipinski definition) is 1. The van der Waals surface area contributed by atoms with Gasteiger partial charge in [0.25, 0.3) is 0 Å². The summed E-state index contributed by atoms with van der Waals surface area (Å²) < 4.78 is 14.1. The number of nitrogens with zero attached hydrogens (tertiary/aromatic N) is 1. The first-order valence-electron chi connectivity index (χ1n) is 9.41. The summed E-state index contributed by atoms with van der Waals surface area (Å²) in [7, 11) is 0. The summed E-state index contributed by atoms with van der Waals surface area (Å²) in [4.78, 5) is 26.4. The van der Waals surface area contributed by atoms with Gasteiger partial charge in [0.2, 0.25) is 5.91 Å². The molecule has 1 heterocycles. The van der Waals surface area contributed by atoms with Crippen LogP contribution in [0.5, 0.6) is 0 Å². The molecule has 0 spiro atoms. The van der Waals surface area contributed by atoms with Crippen molar-refractivity contribution in [2.75, 3.05) is 18.0 Å². The van der Waals surface area contributed by atoms with Gasteiger partial charge < -0.3 is 10.2 Å². The summed E-state index contributed by atoms with van der Waals surface area (Å²) in [6.07, 6.45) is 2.12. The van der Waals surface area contributed by atoms with Crippen LogP contribution in [-0.4, -0.2) is 30.8 Å². The molecule has 0 radical (unpaired) electrons. The number of rotatable bonds is 6. The summed E-state index contributed by atoms with van der Waals surface area (Å²) in [6, 6.07) is 14.1. The molecule has 4 nitrogen and oxygen atoms in total. The molecule has 1 fully saturated rings. The van der Waals surface area contributed by atoms with Gasteiger partial charge in [-0.25, -0.2) is 4.39 Å². The highest BCUT2D eigenvalue weighted by Gasteiger charge is 2.23. The average molecular weight is 368 g/mol. The second kappa shape index (κ2) is 8.80. The number of aryl methyl sites for hydroxylation is 1. The van der Waals surface area contributed by atoms with Crippen LogP contribution in [0.25, 0.3) is 0 Å². The molecule has 1 aliphatic heterocycles. The minimum Gasteiger partial charge on any atom is -0.367 e. The fourth-order valence-corrected chi connectivity index (χ4v) is 3.47. The summed E-state index contributed by atoms with van der Waals surface area (Å²) in [5.41, 5.74) is 2.23. The maximum atomic E-state index is 14.1. The Balaban J connectivity index is 1.52. The minimum absolute atomic E-state index is 0.0296. The van der Waals surface area contributed by atoms with Crippen molar-refractivity contribution in [1.29, 1.82) is 0 Å². The lowest BCUT2D eigenvalue weighted by Crippen LogP contribution is -2.48. The summed E-state index contributed by atoms with van der Waals surface area (Å²) in [5.74, 6) is -0.394. The van der Waals surface area contributed by atoms with E-state index in [9.17, 15) is 14.0 Å². The van der Waals surface area contributed by atoms with E-state index in [1.165, 1.54) is 6.07 Å². The van der Waals surface area contributed by atoms with E-state index in [4.69, 9.17) is 0 Å². The maximum absolute atomic E-state index is 14.1. The minimum atomic E-state index is -0.235. The van der Waals surface area contributed by atoms with Crippen molar-refractivity contribution < 1.29 is 14.0 Å². The van der Waals surface area contributed by atoms with Gasteiger partial charge in [0.15, 0.2) is 5.78 Å². The largest absolute Gasteiger partial charge is 0.367 e. The predicted molar refractivity (Wildman–Crippen MR) is 105 cm³/mol. The Morgan fingerprint density at radius 1 is 1.15 bits per heavy atom. The first-order valence-corrected chi connectivity index (χ1v) is 9.41. The van der Waals surface area contributed by atoms with E-state index in [0.29, 0.717) is 17.8 Å². The van der Waals surface area contributed by atoms with Crippen LogP contribution in [0.3, 0.4) is 0 Å². The SMILES string of the molecule is Cc1ccc(F)c(N2CCCC(NC(=O)CCC(=O)c3ccccc3)C2)c1. The first kappa shape index (κ1) is 19.1. The van der Waals surface area contributed by atoms with Crippen LogP contribution in [0.1, 0.15) is 41.6 Å². The third-order valence-electron chi connectivity index (χ3n) is 4.90. The monoisotopic (exact) mass is 368 g/mol. The normalized spacial score (nSPS) is 16.8. The maximum Gasteiger partial charge on any atom is 0.220 e. The number of nitrogens with one attached hydrogen (secondary N) is 1. The molecule has 0 aromatic heterocycles. The molecule has 142 valence electrons. The molecule has 2 aromatic rings. The highest BCUT2D eigenvalue weighted by atomic mass is 19.1. The molecule has 0 bridgehead atoms. The fraction of sp³-hybridized carbons (Fsp3) is 0.364. The number of Topliss-reactive ketones (excluding diaryl/α,β-unsaturated/α-hetero) is 1. The van der Waals surface area contributed by atoms with Crippen LogP contribution in [0.2, 0.25) is 0 Å². The fourth-order valence-electron chi connectivity index (χ4n) is 3.47. The van der Waals surface area contributed by atoms with Crippen molar-refractivity contribution in [3.8, 4) is 0 Å².